The van der Waals surface area contributed by atoms with Crippen molar-refractivity contribution in [3.63, 3.8) is 0 Å². The smallest absolute Gasteiger partial charge is 0.255 e. The van der Waals surface area contributed by atoms with Crippen LogP contribution in [0.1, 0.15) is 30.6 Å². The Hall–Kier alpha value is -0.540. The molecule has 1 atom stereocenters. The van der Waals surface area contributed by atoms with Crippen molar-refractivity contribution < 1.29 is 4.79 Å². The highest BCUT2D eigenvalue weighted by Gasteiger charge is 2.19. The predicted molar refractivity (Wildman–Crippen MR) is 71.0 cm³/mol. The van der Waals surface area contributed by atoms with Crippen molar-refractivity contribution in [1.82, 2.24) is 4.90 Å². The number of nitrogens with zero attached hydrogens (tertiary/aromatic N) is 1. The van der Waals surface area contributed by atoms with Crippen LogP contribution in [0, 0.1) is 0 Å². The van der Waals surface area contributed by atoms with Gasteiger partial charge in [0.05, 0.1) is 10.6 Å². The molecule has 0 fully saturated rings. The summed E-state index contributed by atoms with van der Waals surface area (Å²) in [7, 11) is 1.80. The number of carbonyl (C=O) groups excluding carboxylic acids is 1. The maximum Gasteiger partial charge on any atom is 0.255 e. The van der Waals surface area contributed by atoms with Gasteiger partial charge >= 0.3 is 0 Å². The average molecular weight is 305 g/mol. The van der Waals surface area contributed by atoms with Crippen molar-refractivity contribution in [3.05, 3.63) is 33.3 Å². The highest BCUT2D eigenvalue weighted by atomic mass is 79.9. The van der Waals surface area contributed by atoms with Gasteiger partial charge in [-0.25, -0.2) is 0 Å². The lowest BCUT2D eigenvalue weighted by atomic mass is 10.1. The van der Waals surface area contributed by atoms with Gasteiger partial charge in [-0.15, -0.1) is 0 Å². The fourth-order valence-electron chi connectivity index (χ4n) is 1.33. The number of hydrogen-bond acceptors (Lipinski definition) is 1. The molecule has 88 valence electrons. The maximum absolute atomic E-state index is 12.1. The molecule has 1 amide bonds. The number of hydrogen-bond donors (Lipinski definition) is 0. The van der Waals surface area contributed by atoms with Crippen molar-refractivity contribution in [3.8, 4) is 0 Å². The van der Waals surface area contributed by atoms with Crippen molar-refractivity contribution in [2.75, 3.05) is 7.05 Å². The Kier molecular flexibility index (Phi) is 4.81. The molecule has 0 saturated carbocycles. The van der Waals surface area contributed by atoms with E-state index >= 15 is 0 Å². The molecule has 16 heavy (non-hydrogen) atoms. The van der Waals surface area contributed by atoms with E-state index in [9.17, 15) is 4.79 Å². The molecular weight excluding hydrogens is 289 g/mol. The summed E-state index contributed by atoms with van der Waals surface area (Å²) in [5, 5.41) is 0.475. The van der Waals surface area contributed by atoms with Crippen molar-refractivity contribution in [2.45, 2.75) is 26.3 Å². The zero-order chi connectivity index (χ0) is 12.3. The number of rotatable bonds is 3. The van der Waals surface area contributed by atoms with Gasteiger partial charge in [0.2, 0.25) is 0 Å². The van der Waals surface area contributed by atoms with E-state index in [0.717, 1.165) is 10.9 Å². The van der Waals surface area contributed by atoms with Crippen molar-refractivity contribution in [2.24, 2.45) is 0 Å². The fraction of sp³-hybridized carbons (Fsp3) is 0.417. The zero-order valence-electron chi connectivity index (χ0n) is 9.63. The minimum Gasteiger partial charge on any atom is -0.339 e. The van der Waals surface area contributed by atoms with Gasteiger partial charge in [-0.1, -0.05) is 24.6 Å². The lowest BCUT2D eigenvalue weighted by Crippen LogP contribution is -2.34. The third-order valence-corrected chi connectivity index (χ3v) is 4.05. The molecule has 4 heteroatoms. The first-order chi connectivity index (χ1) is 7.49. The van der Waals surface area contributed by atoms with Gasteiger partial charge in [-0.2, -0.15) is 0 Å². The standard InChI is InChI=1S/C12H15BrClNO/c1-4-8(2)15(3)12(16)9-6-5-7-10(13)11(9)14/h5-8H,4H2,1-3H3. The molecule has 0 spiro atoms. The third-order valence-electron chi connectivity index (χ3n) is 2.75. The van der Waals surface area contributed by atoms with E-state index in [0.29, 0.717) is 10.6 Å². The lowest BCUT2D eigenvalue weighted by Gasteiger charge is -2.24. The van der Waals surface area contributed by atoms with E-state index in [1.165, 1.54) is 0 Å². The number of benzene rings is 1. The molecule has 0 N–H and O–H groups in total. The molecule has 0 heterocycles. The molecule has 2 nitrogen and oxygen atoms in total. The van der Waals surface area contributed by atoms with Crippen LogP contribution in [0.25, 0.3) is 0 Å². The topological polar surface area (TPSA) is 20.3 Å². The van der Waals surface area contributed by atoms with E-state index in [-0.39, 0.29) is 11.9 Å². The molecule has 1 rings (SSSR count). The van der Waals surface area contributed by atoms with E-state index in [2.05, 4.69) is 22.9 Å². The summed E-state index contributed by atoms with van der Waals surface area (Å²) in [6.45, 7) is 4.07. The number of carbonyl (C=O) groups is 1. The van der Waals surface area contributed by atoms with Gasteiger partial charge in [-0.05, 0) is 41.4 Å². The second-order valence-electron chi connectivity index (χ2n) is 3.77. The van der Waals surface area contributed by atoms with Crippen LogP contribution in [-0.4, -0.2) is 23.9 Å². The highest BCUT2D eigenvalue weighted by molar-refractivity contribution is 9.10. The molecule has 0 aliphatic heterocycles. The van der Waals surface area contributed by atoms with Crippen LogP contribution in [-0.2, 0) is 0 Å². The monoisotopic (exact) mass is 303 g/mol. The minimum absolute atomic E-state index is 0.0411. The Bertz CT molecular complexity index is 395. The summed E-state index contributed by atoms with van der Waals surface area (Å²) in [6, 6.07) is 5.59. The van der Waals surface area contributed by atoms with Gasteiger partial charge < -0.3 is 4.90 Å². The average Bonchev–Trinajstić information content (AvgIpc) is 2.29. The summed E-state index contributed by atoms with van der Waals surface area (Å²) in [5.41, 5.74) is 0.541. The molecule has 0 bridgehead atoms. The Morgan fingerprint density at radius 1 is 1.56 bits per heavy atom. The first-order valence-electron chi connectivity index (χ1n) is 5.20. The molecule has 0 saturated heterocycles. The van der Waals surface area contributed by atoms with E-state index in [4.69, 9.17) is 11.6 Å². The van der Waals surface area contributed by atoms with Gasteiger partial charge in [0.15, 0.2) is 0 Å². The molecule has 0 aliphatic carbocycles. The van der Waals surface area contributed by atoms with Gasteiger partial charge in [0.25, 0.3) is 5.91 Å². The van der Waals surface area contributed by atoms with E-state index in [1.807, 2.05) is 19.1 Å². The minimum atomic E-state index is -0.0411. The molecule has 0 radical (unpaired) electrons. The Balaban J connectivity index is 3.01. The van der Waals surface area contributed by atoms with Crippen molar-refractivity contribution in [1.29, 1.82) is 0 Å². The maximum atomic E-state index is 12.1. The van der Waals surface area contributed by atoms with Crippen LogP contribution in [0.3, 0.4) is 0 Å². The first-order valence-corrected chi connectivity index (χ1v) is 6.37. The van der Waals surface area contributed by atoms with Gasteiger partial charge in [-0.3, -0.25) is 4.79 Å². The Morgan fingerprint density at radius 2 is 2.19 bits per heavy atom. The predicted octanol–water partition coefficient (Wildman–Crippen LogP) is 3.97. The summed E-state index contributed by atoms with van der Waals surface area (Å²) in [4.78, 5) is 13.9. The quantitative estimate of drug-likeness (QED) is 0.827. The summed E-state index contributed by atoms with van der Waals surface area (Å²) >= 11 is 9.40. The van der Waals surface area contributed by atoms with E-state index in [1.54, 1.807) is 18.0 Å². The Morgan fingerprint density at radius 3 is 2.75 bits per heavy atom. The summed E-state index contributed by atoms with van der Waals surface area (Å²) in [6.07, 6.45) is 0.924. The molecule has 0 aromatic heterocycles. The molecule has 0 aliphatic rings. The van der Waals surface area contributed by atoms with Crippen LogP contribution in [0.5, 0.6) is 0 Å². The van der Waals surface area contributed by atoms with Gasteiger partial charge in [0.1, 0.15) is 0 Å². The fourth-order valence-corrected chi connectivity index (χ4v) is 1.91. The second kappa shape index (κ2) is 5.69. The molecular formula is C12H15BrClNO. The third kappa shape index (κ3) is 2.77. The van der Waals surface area contributed by atoms with Crippen LogP contribution < -0.4 is 0 Å². The molecule has 1 aromatic rings. The van der Waals surface area contributed by atoms with Crippen LogP contribution in [0.4, 0.5) is 0 Å². The van der Waals surface area contributed by atoms with Gasteiger partial charge in [0, 0.05) is 17.6 Å². The summed E-state index contributed by atoms with van der Waals surface area (Å²) in [5.74, 6) is -0.0411. The molecule has 1 aromatic carbocycles. The summed E-state index contributed by atoms with van der Waals surface area (Å²) < 4.78 is 0.748. The van der Waals surface area contributed by atoms with Crippen LogP contribution in [0.15, 0.2) is 22.7 Å². The van der Waals surface area contributed by atoms with Crippen molar-refractivity contribution >= 4 is 33.4 Å². The SMILES string of the molecule is CCC(C)N(C)C(=O)c1cccc(Br)c1Cl. The lowest BCUT2D eigenvalue weighted by molar-refractivity contribution is 0.0740. The second-order valence-corrected chi connectivity index (χ2v) is 5.01. The first kappa shape index (κ1) is 13.5. The zero-order valence-corrected chi connectivity index (χ0v) is 12.0. The van der Waals surface area contributed by atoms with Crippen LogP contribution in [0.2, 0.25) is 5.02 Å². The Labute approximate surface area is 110 Å². The molecule has 1 unspecified atom stereocenters. The number of amides is 1. The number of halogens is 2. The van der Waals surface area contributed by atoms with E-state index < -0.39 is 0 Å². The largest absolute Gasteiger partial charge is 0.339 e. The normalized spacial score (nSPS) is 12.3. The van der Waals surface area contributed by atoms with Crippen LogP contribution >= 0.6 is 27.5 Å². The highest BCUT2D eigenvalue weighted by Crippen LogP contribution is 2.27.